The Morgan fingerprint density at radius 1 is 1.26 bits per heavy atom. The van der Waals surface area contributed by atoms with Crippen LogP contribution in [0.2, 0.25) is 0 Å². The number of carbonyl (C=O) groups excluding carboxylic acids is 1. The summed E-state index contributed by atoms with van der Waals surface area (Å²) in [6.07, 6.45) is 3.97. The molecule has 1 saturated carbocycles. The Bertz CT molecular complexity index is 441. The molecule has 0 heterocycles. The minimum absolute atomic E-state index is 0.215. The first-order valence-electron chi connectivity index (χ1n) is 6.73. The van der Waals surface area contributed by atoms with Crippen LogP contribution in [0.15, 0.2) is 18.2 Å². The first kappa shape index (κ1) is 13.7. The van der Waals surface area contributed by atoms with Crippen LogP contribution in [0, 0.1) is 5.92 Å². The van der Waals surface area contributed by atoms with Crippen LogP contribution in [-0.4, -0.2) is 26.7 Å². The van der Waals surface area contributed by atoms with E-state index < -0.39 is 0 Å². The van der Waals surface area contributed by atoms with Crippen molar-refractivity contribution in [2.45, 2.75) is 25.7 Å². The number of methoxy groups -OCH3 is 2. The Morgan fingerprint density at radius 3 is 2.63 bits per heavy atom. The van der Waals surface area contributed by atoms with Crippen LogP contribution < -0.4 is 14.8 Å². The van der Waals surface area contributed by atoms with E-state index in [4.69, 9.17) is 9.47 Å². The molecular formula is C15H21NO3. The number of ether oxygens (including phenoxy) is 2. The Labute approximate surface area is 114 Å². The van der Waals surface area contributed by atoms with Gasteiger partial charge in [0.25, 0.3) is 0 Å². The molecule has 1 aromatic rings. The monoisotopic (exact) mass is 263 g/mol. The molecule has 1 aliphatic rings. The van der Waals surface area contributed by atoms with E-state index in [1.165, 1.54) is 5.56 Å². The standard InChI is InChI=1S/C15H21NO3/c1-18-13-8-5-11(10-14(13)19-2)4-3-9-16-15(17)12-6-7-12/h5,8,10,12H,3-4,6-7,9H2,1-2H3,(H,16,17). The van der Waals surface area contributed by atoms with Gasteiger partial charge < -0.3 is 14.8 Å². The van der Waals surface area contributed by atoms with Crippen LogP contribution in [0.4, 0.5) is 0 Å². The highest BCUT2D eigenvalue weighted by Gasteiger charge is 2.28. The zero-order chi connectivity index (χ0) is 13.7. The molecule has 0 bridgehead atoms. The van der Waals surface area contributed by atoms with E-state index in [-0.39, 0.29) is 5.91 Å². The molecule has 104 valence electrons. The molecule has 0 radical (unpaired) electrons. The molecule has 0 spiro atoms. The second-order valence-corrected chi connectivity index (χ2v) is 4.86. The van der Waals surface area contributed by atoms with Crippen LogP contribution in [0.3, 0.4) is 0 Å². The molecule has 4 heteroatoms. The molecule has 4 nitrogen and oxygen atoms in total. The number of hydrogen-bond donors (Lipinski definition) is 1. The molecule has 1 aliphatic carbocycles. The lowest BCUT2D eigenvalue weighted by atomic mass is 10.1. The largest absolute Gasteiger partial charge is 0.493 e. The quantitative estimate of drug-likeness (QED) is 0.767. The van der Waals surface area contributed by atoms with E-state index in [0.717, 1.165) is 43.7 Å². The van der Waals surface area contributed by atoms with Gasteiger partial charge in [0.1, 0.15) is 0 Å². The highest BCUT2D eigenvalue weighted by Crippen LogP contribution is 2.29. The lowest BCUT2D eigenvalue weighted by molar-refractivity contribution is -0.122. The maximum absolute atomic E-state index is 11.5. The molecule has 0 atom stereocenters. The van der Waals surface area contributed by atoms with Crippen LogP contribution in [0.1, 0.15) is 24.8 Å². The van der Waals surface area contributed by atoms with Gasteiger partial charge in [0.15, 0.2) is 11.5 Å². The summed E-state index contributed by atoms with van der Waals surface area (Å²) in [6.45, 7) is 0.740. The Kier molecular flexibility index (Phi) is 4.66. The number of rotatable bonds is 7. The predicted molar refractivity (Wildman–Crippen MR) is 73.6 cm³/mol. The lowest BCUT2D eigenvalue weighted by Gasteiger charge is -2.09. The van der Waals surface area contributed by atoms with E-state index in [1.54, 1.807) is 14.2 Å². The van der Waals surface area contributed by atoms with E-state index in [9.17, 15) is 4.79 Å². The number of benzene rings is 1. The average molecular weight is 263 g/mol. The number of amides is 1. The van der Waals surface area contributed by atoms with Gasteiger partial charge in [0, 0.05) is 12.5 Å². The number of aryl methyl sites for hydroxylation is 1. The third kappa shape index (κ3) is 3.88. The van der Waals surface area contributed by atoms with Crippen molar-refractivity contribution < 1.29 is 14.3 Å². The second-order valence-electron chi connectivity index (χ2n) is 4.86. The molecule has 1 amide bonds. The Hall–Kier alpha value is -1.71. The molecule has 1 fully saturated rings. The third-order valence-electron chi connectivity index (χ3n) is 3.34. The number of hydrogen-bond acceptors (Lipinski definition) is 3. The predicted octanol–water partition coefficient (Wildman–Crippen LogP) is 2.16. The first-order valence-corrected chi connectivity index (χ1v) is 6.73. The molecule has 0 unspecified atom stereocenters. The number of carbonyl (C=O) groups is 1. The van der Waals surface area contributed by atoms with Gasteiger partial charge in [0.05, 0.1) is 14.2 Å². The second kappa shape index (κ2) is 6.45. The van der Waals surface area contributed by atoms with Gasteiger partial charge in [-0.25, -0.2) is 0 Å². The summed E-state index contributed by atoms with van der Waals surface area (Å²) in [5, 5.41) is 2.97. The molecule has 1 aromatic carbocycles. The van der Waals surface area contributed by atoms with Crippen molar-refractivity contribution in [3.63, 3.8) is 0 Å². The summed E-state index contributed by atoms with van der Waals surface area (Å²) in [5.41, 5.74) is 1.19. The van der Waals surface area contributed by atoms with Crippen molar-refractivity contribution in [1.82, 2.24) is 5.32 Å². The van der Waals surface area contributed by atoms with Gasteiger partial charge >= 0.3 is 0 Å². The summed E-state index contributed by atoms with van der Waals surface area (Å²) in [7, 11) is 3.27. The van der Waals surface area contributed by atoms with Crippen LogP contribution in [0.25, 0.3) is 0 Å². The fourth-order valence-electron chi connectivity index (χ4n) is 2.03. The van der Waals surface area contributed by atoms with Crippen molar-refractivity contribution in [2.75, 3.05) is 20.8 Å². The van der Waals surface area contributed by atoms with E-state index in [1.807, 2.05) is 18.2 Å². The van der Waals surface area contributed by atoms with Crippen molar-refractivity contribution in [3.05, 3.63) is 23.8 Å². The zero-order valence-electron chi connectivity index (χ0n) is 11.6. The lowest BCUT2D eigenvalue weighted by Crippen LogP contribution is -2.26. The maximum atomic E-state index is 11.5. The number of nitrogens with one attached hydrogen (secondary N) is 1. The Morgan fingerprint density at radius 2 is 2.00 bits per heavy atom. The van der Waals surface area contributed by atoms with Gasteiger partial charge in [-0.2, -0.15) is 0 Å². The summed E-state index contributed by atoms with van der Waals surface area (Å²) < 4.78 is 10.5. The van der Waals surface area contributed by atoms with Crippen molar-refractivity contribution in [1.29, 1.82) is 0 Å². The molecule has 2 rings (SSSR count). The van der Waals surface area contributed by atoms with E-state index in [2.05, 4.69) is 5.32 Å². The summed E-state index contributed by atoms with van der Waals surface area (Å²) in [6, 6.07) is 5.93. The van der Waals surface area contributed by atoms with Crippen molar-refractivity contribution in [3.8, 4) is 11.5 Å². The van der Waals surface area contributed by atoms with Crippen LogP contribution in [-0.2, 0) is 11.2 Å². The van der Waals surface area contributed by atoms with Gasteiger partial charge in [0.2, 0.25) is 5.91 Å². The molecule has 0 saturated heterocycles. The van der Waals surface area contributed by atoms with Crippen molar-refractivity contribution in [2.24, 2.45) is 5.92 Å². The van der Waals surface area contributed by atoms with E-state index in [0.29, 0.717) is 5.92 Å². The average Bonchev–Trinajstić information content (AvgIpc) is 3.27. The topological polar surface area (TPSA) is 47.6 Å². The minimum atomic E-state index is 0.215. The fraction of sp³-hybridized carbons (Fsp3) is 0.533. The summed E-state index contributed by atoms with van der Waals surface area (Å²) >= 11 is 0. The zero-order valence-corrected chi connectivity index (χ0v) is 11.6. The fourth-order valence-corrected chi connectivity index (χ4v) is 2.03. The van der Waals surface area contributed by atoms with Crippen LogP contribution >= 0.6 is 0 Å². The van der Waals surface area contributed by atoms with Gasteiger partial charge in [-0.3, -0.25) is 4.79 Å². The molecule has 1 N–H and O–H groups in total. The van der Waals surface area contributed by atoms with Crippen LogP contribution in [0.5, 0.6) is 11.5 Å². The summed E-state index contributed by atoms with van der Waals surface area (Å²) in [4.78, 5) is 11.5. The molecule has 19 heavy (non-hydrogen) atoms. The molecule has 0 aromatic heterocycles. The van der Waals surface area contributed by atoms with E-state index >= 15 is 0 Å². The molecule has 0 aliphatic heterocycles. The normalized spacial score (nSPS) is 14.0. The highest BCUT2D eigenvalue weighted by atomic mass is 16.5. The van der Waals surface area contributed by atoms with Gasteiger partial charge in [-0.15, -0.1) is 0 Å². The van der Waals surface area contributed by atoms with Crippen molar-refractivity contribution >= 4 is 5.91 Å². The van der Waals surface area contributed by atoms with Gasteiger partial charge in [-0.1, -0.05) is 6.07 Å². The highest BCUT2D eigenvalue weighted by molar-refractivity contribution is 5.80. The smallest absolute Gasteiger partial charge is 0.223 e. The third-order valence-corrected chi connectivity index (χ3v) is 3.34. The molecular weight excluding hydrogens is 242 g/mol. The minimum Gasteiger partial charge on any atom is -0.493 e. The SMILES string of the molecule is COc1ccc(CCCNC(=O)C2CC2)cc1OC. The summed E-state index contributed by atoms with van der Waals surface area (Å²) in [5.74, 6) is 2.00. The first-order chi connectivity index (χ1) is 9.24. The maximum Gasteiger partial charge on any atom is 0.223 e. The van der Waals surface area contributed by atoms with Gasteiger partial charge in [-0.05, 0) is 43.4 Å². The Balaban J connectivity index is 1.77.